The second-order valence-corrected chi connectivity index (χ2v) is 7.68. The minimum atomic E-state index is -3.55. The highest BCUT2D eigenvalue weighted by Gasteiger charge is 2.19. The zero-order valence-electron chi connectivity index (χ0n) is 12.9. The molecule has 0 fully saturated rings. The van der Waals surface area contributed by atoms with Gasteiger partial charge in [0.25, 0.3) is 0 Å². The third-order valence-electron chi connectivity index (χ3n) is 2.88. The topological polar surface area (TPSA) is 67.4 Å². The molecular formula is C14H23BrN2O3S. The van der Waals surface area contributed by atoms with Crippen LogP contribution in [0.1, 0.15) is 25.0 Å². The number of rotatable bonds is 8. The van der Waals surface area contributed by atoms with Gasteiger partial charge < -0.3 is 10.1 Å². The van der Waals surface area contributed by atoms with E-state index in [0.29, 0.717) is 23.7 Å². The summed E-state index contributed by atoms with van der Waals surface area (Å²) in [6.45, 7) is 7.21. The number of sulfonamides is 1. The minimum Gasteiger partial charge on any atom is -0.383 e. The Kier molecular flexibility index (Phi) is 7.29. The van der Waals surface area contributed by atoms with Gasteiger partial charge in [-0.3, -0.25) is 0 Å². The summed E-state index contributed by atoms with van der Waals surface area (Å²) in [5, 5.41) is 3.29. The first kappa shape index (κ1) is 18.6. The van der Waals surface area contributed by atoms with E-state index in [0.717, 1.165) is 11.1 Å². The van der Waals surface area contributed by atoms with Crippen LogP contribution in [-0.2, 0) is 21.3 Å². The van der Waals surface area contributed by atoms with Crippen molar-refractivity contribution in [2.45, 2.75) is 38.3 Å². The normalized spacial score (nSPS) is 12.1. The van der Waals surface area contributed by atoms with Gasteiger partial charge in [0, 0.05) is 30.7 Å². The predicted molar refractivity (Wildman–Crippen MR) is 87.9 cm³/mol. The molecule has 120 valence electrons. The van der Waals surface area contributed by atoms with Crippen LogP contribution < -0.4 is 10.0 Å². The third-order valence-corrected chi connectivity index (χ3v) is 5.68. The zero-order chi connectivity index (χ0) is 16.0. The Balaban J connectivity index is 3.04. The maximum Gasteiger partial charge on any atom is 0.241 e. The van der Waals surface area contributed by atoms with Crippen LogP contribution in [0.4, 0.5) is 0 Å². The van der Waals surface area contributed by atoms with E-state index in [1.165, 1.54) is 7.11 Å². The van der Waals surface area contributed by atoms with Crippen molar-refractivity contribution in [1.82, 2.24) is 10.0 Å². The van der Waals surface area contributed by atoms with Gasteiger partial charge >= 0.3 is 0 Å². The fourth-order valence-electron chi connectivity index (χ4n) is 1.78. The van der Waals surface area contributed by atoms with E-state index in [4.69, 9.17) is 4.74 Å². The first-order valence-electron chi connectivity index (χ1n) is 6.79. The van der Waals surface area contributed by atoms with Crippen LogP contribution in [0.2, 0.25) is 0 Å². The van der Waals surface area contributed by atoms with E-state index in [2.05, 4.69) is 39.8 Å². The summed E-state index contributed by atoms with van der Waals surface area (Å²) in [7, 11) is -2.02. The van der Waals surface area contributed by atoms with Gasteiger partial charge in [-0.1, -0.05) is 19.9 Å². The van der Waals surface area contributed by atoms with Gasteiger partial charge in [-0.25, -0.2) is 13.1 Å². The minimum absolute atomic E-state index is 0.249. The Morgan fingerprint density at radius 2 is 2.00 bits per heavy atom. The maximum absolute atomic E-state index is 12.4. The molecule has 0 unspecified atom stereocenters. The van der Waals surface area contributed by atoms with Gasteiger partial charge in [0.15, 0.2) is 0 Å². The average molecular weight is 379 g/mol. The van der Waals surface area contributed by atoms with Crippen molar-refractivity contribution in [3.05, 3.63) is 27.7 Å². The lowest BCUT2D eigenvalue weighted by Crippen LogP contribution is -2.28. The second kappa shape index (κ2) is 8.24. The molecule has 0 aliphatic carbocycles. The van der Waals surface area contributed by atoms with Gasteiger partial charge in [0.1, 0.15) is 0 Å². The Hall–Kier alpha value is -0.470. The number of nitrogens with one attached hydrogen (secondary N) is 2. The molecule has 1 rings (SSSR count). The van der Waals surface area contributed by atoms with Gasteiger partial charge in [-0.05, 0) is 40.0 Å². The van der Waals surface area contributed by atoms with Crippen molar-refractivity contribution >= 4 is 26.0 Å². The average Bonchev–Trinajstić information content (AvgIpc) is 2.39. The molecule has 0 aliphatic heterocycles. The lowest BCUT2D eigenvalue weighted by molar-refractivity contribution is 0.204. The van der Waals surface area contributed by atoms with Crippen LogP contribution in [-0.4, -0.2) is 34.7 Å². The molecule has 21 heavy (non-hydrogen) atoms. The van der Waals surface area contributed by atoms with Gasteiger partial charge in [0.05, 0.1) is 11.5 Å². The highest BCUT2D eigenvalue weighted by atomic mass is 79.9. The molecule has 0 aliphatic rings. The molecular weight excluding hydrogens is 356 g/mol. The zero-order valence-corrected chi connectivity index (χ0v) is 15.3. The van der Waals surface area contributed by atoms with E-state index in [-0.39, 0.29) is 11.4 Å². The van der Waals surface area contributed by atoms with Crippen LogP contribution in [0.5, 0.6) is 0 Å². The number of halogens is 1. The van der Waals surface area contributed by atoms with Gasteiger partial charge in [-0.15, -0.1) is 0 Å². The van der Waals surface area contributed by atoms with E-state index in [1.54, 1.807) is 6.07 Å². The molecule has 0 atom stereocenters. The molecule has 5 nitrogen and oxygen atoms in total. The monoisotopic (exact) mass is 378 g/mol. The smallest absolute Gasteiger partial charge is 0.241 e. The summed E-state index contributed by atoms with van der Waals surface area (Å²) in [5.74, 6) is 0. The number of aryl methyl sites for hydroxylation is 1. The van der Waals surface area contributed by atoms with Crippen LogP contribution in [0.15, 0.2) is 21.5 Å². The number of hydrogen-bond acceptors (Lipinski definition) is 4. The largest absolute Gasteiger partial charge is 0.383 e. The molecule has 0 aromatic heterocycles. The molecule has 0 heterocycles. The van der Waals surface area contributed by atoms with Crippen molar-refractivity contribution in [2.24, 2.45) is 0 Å². The molecule has 0 saturated heterocycles. The van der Waals surface area contributed by atoms with E-state index < -0.39 is 10.0 Å². The van der Waals surface area contributed by atoms with Gasteiger partial charge in [0.2, 0.25) is 10.0 Å². The van der Waals surface area contributed by atoms with Crippen LogP contribution >= 0.6 is 15.9 Å². The number of benzene rings is 1. The lowest BCUT2D eigenvalue weighted by Gasteiger charge is -2.14. The third kappa shape index (κ3) is 5.67. The molecule has 7 heteroatoms. The summed E-state index contributed by atoms with van der Waals surface area (Å²) < 4.78 is 32.7. The van der Waals surface area contributed by atoms with Crippen molar-refractivity contribution in [3.8, 4) is 0 Å². The molecule has 1 aromatic carbocycles. The molecule has 0 saturated carbocycles. The summed E-state index contributed by atoms with van der Waals surface area (Å²) in [6, 6.07) is 4.02. The van der Waals surface area contributed by atoms with Crippen molar-refractivity contribution in [3.63, 3.8) is 0 Å². The van der Waals surface area contributed by atoms with Crippen molar-refractivity contribution in [2.75, 3.05) is 20.3 Å². The van der Waals surface area contributed by atoms with Gasteiger partial charge in [-0.2, -0.15) is 0 Å². The molecule has 0 radical (unpaired) electrons. The lowest BCUT2D eigenvalue weighted by atomic mass is 10.1. The maximum atomic E-state index is 12.4. The first-order valence-corrected chi connectivity index (χ1v) is 9.06. The Morgan fingerprint density at radius 3 is 2.57 bits per heavy atom. The molecule has 0 amide bonds. The Bertz CT molecular complexity index is 574. The number of hydrogen-bond donors (Lipinski definition) is 2. The van der Waals surface area contributed by atoms with Crippen LogP contribution in [0, 0.1) is 6.92 Å². The van der Waals surface area contributed by atoms with E-state index in [9.17, 15) is 8.42 Å². The summed E-state index contributed by atoms with van der Waals surface area (Å²) in [5.41, 5.74) is 1.83. The first-order chi connectivity index (χ1) is 9.77. The van der Waals surface area contributed by atoms with Crippen LogP contribution in [0.3, 0.4) is 0 Å². The van der Waals surface area contributed by atoms with Crippen LogP contribution in [0.25, 0.3) is 0 Å². The Morgan fingerprint density at radius 1 is 1.33 bits per heavy atom. The highest BCUT2D eigenvalue weighted by molar-refractivity contribution is 9.10. The summed E-state index contributed by atoms with van der Waals surface area (Å²) in [4.78, 5) is 0.263. The summed E-state index contributed by atoms with van der Waals surface area (Å²) in [6.07, 6.45) is 0. The quantitative estimate of drug-likeness (QED) is 0.680. The molecule has 2 N–H and O–H groups in total. The fraction of sp³-hybridized carbons (Fsp3) is 0.571. The second-order valence-electron chi connectivity index (χ2n) is 5.15. The SMILES string of the molecule is COCCNS(=O)(=O)c1cc(CNC(C)C)cc(C)c1Br. The molecule has 0 spiro atoms. The highest BCUT2D eigenvalue weighted by Crippen LogP contribution is 2.27. The van der Waals surface area contributed by atoms with Crippen molar-refractivity contribution in [1.29, 1.82) is 0 Å². The predicted octanol–water partition coefficient (Wildman–Crippen LogP) is 2.18. The number of ether oxygens (including phenoxy) is 1. The standard InChI is InChI=1S/C14H23BrN2O3S/c1-10(2)16-9-12-7-11(3)14(15)13(8-12)21(18,19)17-5-6-20-4/h7-8,10,16-17H,5-6,9H2,1-4H3. The van der Waals surface area contributed by atoms with E-state index >= 15 is 0 Å². The molecule has 0 bridgehead atoms. The van der Waals surface area contributed by atoms with E-state index in [1.807, 2.05) is 13.0 Å². The summed E-state index contributed by atoms with van der Waals surface area (Å²) >= 11 is 3.37. The molecule has 1 aromatic rings. The number of methoxy groups -OCH3 is 1. The van der Waals surface area contributed by atoms with Crippen molar-refractivity contribution < 1.29 is 13.2 Å². The Labute approximate surface area is 135 Å². The fourth-order valence-corrected chi connectivity index (χ4v) is 3.86.